The number of anilines is 2. The molecule has 2 aromatic heterocycles. The van der Waals surface area contributed by atoms with Gasteiger partial charge in [-0.25, -0.2) is 14.5 Å². The number of aromatic nitrogens is 4. The number of nitrogens with zero attached hydrogens (tertiary/aromatic N) is 4. The van der Waals surface area contributed by atoms with Gasteiger partial charge in [0, 0.05) is 22.8 Å². The zero-order valence-electron chi connectivity index (χ0n) is 16.3. The van der Waals surface area contributed by atoms with Crippen LogP contribution in [-0.4, -0.2) is 43.5 Å². The predicted molar refractivity (Wildman–Crippen MR) is 114 cm³/mol. The van der Waals surface area contributed by atoms with Crippen LogP contribution in [0.4, 0.5) is 16.4 Å². The number of amides is 2. The summed E-state index contributed by atoms with van der Waals surface area (Å²) in [6.07, 6.45) is 7.19. The van der Waals surface area contributed by atoms with Crippen LogP contribution in [-0.2, 0) is 0 Å². The van der Waals surface area contributed by atoms with Crippen molar-refractivity contribution in [1.29, 1.82) is 0 Å². The molecule has 0 bridgehead atoms. The first-order valence-corrected chi connectivity index (χ1v) is 9.98. The molecular weight excluding hydrogens is 406 g/mol. The minimum Gasteiger partial charge on any atom is -0.394 e. The fourth-order valence-corrected chi connectivity index (χ4v) is 3.13. The summed E-state index contributed by atoms with van der Waals surface area (Å²) in [4.78, 5) is 21.2. The number of halogens is 1. The molecule has 1 saturated carbocycles. The molecule has 1 aromatic carbocycles. The predicted octanol–water partition coefficient (Wildman–Crippen LogP) is 3.05. The zero-order valence-corrected chi connectivity index (χ0v) is 17.1. The van der Waals surface area contributed by atoms with Gasteiger partial charge >= 0.3 is 6.03 Å². The average molecular weight is 428 g/mol. The quantitative estimate of drug-likeness (QED) is 0.460. The first kappa shape index (κ1) is 20.1. The van der Waals surface area contributed by atoms with Crippen LogP contribution in [0.2, 0.25) is 5.02 Å². The Morgan fingerprint density at radius 3 is 2.93 bits per heavy atom. The Morgan fingerprint density at radius 1 is 1.37 bits per heavy atom. The number of carbonyl (C=O) groups is 1. The topological polar surface area (TPSA) is 117 Å². The Balaban J connectivity index is 1.43. The van der Waals surface area contributed by atoms with E-state index in [0.29, 0.717) is 34.1 Å². The molecule has 0 unspecified atom stereocenters. The lowest BCUT2D eigenvalue weighted by Gasteiger charge is -2.17. The Hall–Kier alpha value is -3.17. The van der Waals surface area contributed by atoms with Crippen LogP contribution >= 0.6 is 11.6 Å². The molecule has 4 rings (SSSR count). The molecule has 9 nitrogen and oxygen atoms in total. The van der Waals surface area contributed by atoms with E-state index in [2.05, 4.69) is 31.0 Å². The van der Waals surface area contributed by atoms with Crippen LogP contribution in [0.1, 0.15) is 30.0 Å². The van der Waals surface area contributed by atoms with Gasteiger partial charge in [0.25, 0.3) is 0 Å². The Morgan fingerprint density at radius 2 is 2.20 bits per heavy atom. The van der Waals surface area contributed by atoms with Gasteiger partial charge in [0.05, 0.1) is 30.7 Å². The molecular formula is C20H22ClN7O2. The molecule has 0 aliphatic heterocycles. The number of carbonyl (C=O) groups excluding carboxylic acids is 1. The van der Waals surface area contributed by atoms with E-state index in [9.17, 15) is 9.90 Å². The van der Waals surface area contributed by atoms with Crippen molar-refractivity contribution in [1.82, 2.24) is 25.1 Å². The van der Waals surface area contributed by atoms with E-state index in [1.54, 1.807) is 41.3 Å². The van der Waals surface area contributed by atoms with Crippen molar-refractivity contribution < 1.29 is 9.90 Å². The number of hydrogen-bond donors (Lipinski definition) is 4. The van der Waals surface area contributed by atoms with Crippen LogP contribution in [0.3, 0.4) is 0 Å². The average Bonchev–Trinajstić information content (AvgIpc) is 3.43. The van der Waals surface area contributed by atoms with Gasteiger partial charge in [0.1, 0.15) is 0 Å². The lowest BCUT2D eigenvalue weighted by atomic mass is 10.1. The van der Waals surface area contributed by atoms with Crippen LogP contribution in [0.5, 0.6) is 0 Å². The lowest BCUT2D eigenvalue weighted by molar-refractivity contribution is 0.225. The van der Waals surface area contributed by atoms with E-state index >= 15 is 0 Å². The van der Waals surface area contributed by atoms with Crippen LogP contribution < -0.4 is 16.0 Å². The maximum absolute atomic E-state index is 12.4. The third-order valence-electron chi connectivity index (χ3n) is 4.65. The van der Waals surface area contributed by atoms with Gasteiger partial charge in [-0.05, 0) is 37.5 Å². The summed E-state index contributed by atoms with van der Waals surface area (Å²) in [6.45, 7) is 1.64. The van der Waals surface area contributed by atoms with Gasteiger partial charge < -0.3 is 21.1 Å². The maximum Gasteiger partial charge on any atom is 0.319 e. The van der Waals surface area contributed by atoms with Gasteiger partial charge in [-0.15, -0.1) is 0 Å². The van der Waals surface area contributed by atoms with Crippen LogP contribution in [0.25, 0.3) is 5.82 Å². The standard InChI is InChI=1S/C20H22ClN7O2/c1-12-8-22-19(24-15-5-6-15)27-18(12)28-10-16(9-23-28)25-20(30)26-17(11-29)13-3-2-4-14(21)7-13/h2-4,7-10,15,17,29H,5-6,11H2,1H3,(H,22,24,27)(H2,25,26,30)/t17-/m1/s1. The largest absolute Gasteiger partial charge is 0.394 e. The highest BCUT2D eigenvalue weighted by Gasteiger charge is 2.22. The summed E-state index contributed by atoms with van der Waals surface area (Å²) >= 11 is 5.99. The summed E-state index contributed by atoms with van der Waals surface area (Å²) in [7, 11) is 0. The molecule has 1 atom stereocenters. The Labute approximate surface area is 178 Å². The van der Waals surface area contributed by atoms with Crippen molar-refractivity contribution in [2.75, 3.05) is 17.2 Å². The van der Waals surface area contributed by atoms with Crippen LogP contribution in [0.15, 0.2) is 42.9 Å². The second kappa shape index (κ2) is 8.68. The molecule has 1 fully saturated rings. The number of rotatable bonds is 7. The van der Waals surface area contributed by atoms with Crippen molar-refractivity contribution in [3.05, 3.63) is 59.0 Å². The highest BCUT2D eigenvalue weighted by atomic mass is 35.5. The van der Waals surface area contributed by atoms with Gasteiger partial charge in [0.2, 0.25) is 5.95 Å². The minimum absolute atomic E-state index is 0.260. The Bertz CT molecular complexity index is 1050. The number of aryl methyl sites for hydroxylation is 1. The number of benzene rings is 1. The summed E-state index contributed by atoms with van der Waals surface area (Å²) in [5, 5.41) is 23.2. The van der Waals surface area contributed by atoms with E-state index in [1.165, 1.54) is 6.20 Å². The molecule has 156 valence electrons. The molecule has 30 heavy (non-hydrogen) atoms. The molecule has 4 N–H and O–H groups in total. The molecule has 2 amide bonds. The molecule has 0 spiro atoms. The van der Waals surface area contributed by atoms with E-state index in [0.717, 1.165) is 18.4 Å². The summed E-state index contributed by atoms with van der Waals surface area (Å²) in [5.41, 5.74) is 2.06. The molecule has 0 saturated heterocycles. The first-order valence-electron chi connectivity index (χ1n) is 9.61. The third kappa shape index (κ3) is 4.87. The van der Waals surface area contributed by atoms with Crippen molar-refractivity contribution in [2.24, 2.45) is 0 Å². The molecule has 2 heterocycles. The number of nitrogens with one attached hydrogen (secondary N) is 3. The third-order valence-corrected chi connectivity index (χ3v) is 4.89. The van der Waals surface area contributed by atoms with E-state index in [1.807, 2.05) is 6.92 Å². The minimum atomic E-state index is -0.584. The maximum atomic E-state index is 12.4. The summed E-state index contributed by atoms with van der Waals surface area (Å²) in [6, 6.07) is 6.37. The summed E-state index contributed by atoms with van der Waals surface area (Å²) in [5.74, 6) is 1.20. The van der Waals surface area contributed by atoms with E-state index in [-0.39, 0.29) is 6.61 Å². The highest BCUT2D eigenvalue weighted by Crippen LogP contribution is 2.24. The molecule has 10 heteroatoms. The van der Waals surface area contributed by atoms with Crippen molar-refractivity contribution in [3.63, 3.8) is 0 Å². The molecule has 1 aliphatic carbocycles. The van der Waals surface area contributed by atoms with Gasteiger partial charge in [-0.1, -0.05) is 23.7 Å². The van der Waals surface area contributed by atoms with Crippen molar-refractivity contribution in [2.45, 2.75) is 31.8 Å². The van der Waals surface area contributed by atoms with Gasteiger partial charge in [-0.3, -0.25) is 0 Å². The second-order valence-electron chi connectivity index (χ2n) is 7.18. The molecule has 0 radical (unpaired) electrons. The van der Waals surface area contributed by atoms with E-state index in [4.69, 9.17) is 11.6 Å². The summed E-state index contributed by atoms with van der Waals surface area (Å²) < 4.78 is 1.59. The fourth-order valence-electron chi connectivity index (χ4n) is 2.93. The number of aliphatic hydroxyl groups excluding tert-OH is 1. The van der Waals surface area contributed by atoms with E-state index < -0.39 is 12.1 Å². The first-order chi connectivity index (χ1) is 14.5. The van der Waals surface area contributed by atoms with Gasteiger partial charge in [-0.2, -0.15) is 10.1 Å². The van der Waals surface area contributed by atoms with Gasteiger partial charge in [0.15, 0.2) is 5.82 Å². The lowest BCUT2D eigenvalue weighted by Crippen LogP contribution is -2.34. The SMILES string of the molecule is Cc1cnc(NC2CC2)nc1-n1cc(NC(=O)N[C@H](CO)c2cccc(Cl)c2)cn1. The van der Waals surface area contributed by atoms with Crippen LogP contribution in [0, 0.1) is 6.92 Å². The fraction of sp³-hybridized carbons (Fsp3) is 0.300. The monoisotopic (exact) mass is 427 g/mol. The number of urea groups is 1. The van der Waals surface area contributed by atoms with Crippen molar-refractivity contribution in [3.8, 4) is 5.82 Å². The smallest absolute Gasteiger partial charge is 0.319 e. The number of hydrogen-bond acceptors (Lipinski definition) is 6. The normalized spacial score (nSPS) is 14.2. The second-order valence-corrected chi connectivity index (χ2v) is 7.62. The number of aliphatic hydroxyl groups is 1. The zero-order chi connectivity index (χ0) is 21.1. The van der Waals surface area contributed by atoms with Crippen molar-refractivity contribution >= 4 is 29.3 Å². The molecule has 3 aromatic rings. The molecule has 1 aliphatic rings. The highest BCUT2D eigenvalue weighted by molar-refractivity contribution is 6.30. The Kier molecular flexibility index (Phi) is 5.82.